The molecule has 0 spiro atoms. The van der Waals surface area contributed by atoms with Gasteiger partial charge in [0.1, 0.15) is 0 Å². The molecule has 1 aliphatic carbocycles. The number of hydrogen-bond donors (Lipinski definition) is 2. The first kappa shape index (κ1) is 16.7. The van der Waals surface area contributed by atoms with Crippen LogP contribution in [0.3, 0.4) is 0 Å². The van der Waals surface area contributed by atoms with Gasteiger partial charge in [-0.15, -0.1) is 0 Å². The van der Waals surface area contributed by atoms with Crippen molar-refractivity contribution < 1.29 is 24.6 Å². The lowest BCUT2D eigenvalue weighted by molar-refractivity contribution is -0.146. The van der Waals surface area contributed by atoms with E-state index in [0.717, 1.165) is 12.5 Å². The summed E-state index contributed by atoms with van der Waals surface area (Å²) in [6.45, 7) is 2.59. The van der Waals surface area contributed by atoms with Gasteiger partial charge in [-0.3, -0.25) is 19.3 Å². The predicted molar refractivity (Wildman–Crippen MR) is 78.3 cm³/mol. The molecule has 2 atom stereocenters. The predicted octanol–water partition coefficient (Wildman–Crippen LogP) is 0.495. The molecule has 2 aliphatic heterocycles. The Morgan fingerprint density at radius 3 is 2.23 bits per heavy atom. The third-order valence-electron chi connectivity index (χ3n) is 5.06. The molecule has 2 heterocycles. The van der Waals surface area contributed by atoms with Crippen LogP contribution >= 0.6 is 0 Å². The molecule has 0 unspecified atom stereocenters. The van der Waals surface area contributed by atoms with Crippen molar-refractivity contribution in [1.29, 1.82) is 0 Å². The highest BCUT2D eigenvalue weighted by molar-refractivity contribution is 5.79. The topological polar surface area (TPSA) is 98.2 Å². The number of rotatable bonds is 3. The minimum atomic E-state index is -0.719. The number of carbonyl (C=O) groups is 3. The van der Waals surface area contributed by atoms with E-state index < -0.39 is 5.97 Å². The zero-order valence-corrected chi connectivity index (χ0v) is 12.7. The van der Waals surface area contributed by atoms with Gasteiger partial charge in [0.2, 0.25) is 5.91 Å². The van der Waals surface area contributed by atoms with E-state index >= 15 is 0 Å². The maximum absolute atomic E-state index is 12.2. The van der Waals surface area contributed by atoms with Crippen molar-refractivity contribution in [3.8, 4) is 0 Å². The van der Waals surface area contributed by atoms with Gasteiger partial charge < -0.3 is 15.1 Å². The van der Waals surface area contributed by atoms with Crippen molar-refractivity contribution >= 4 is 18.3 Å². The Morgan fingerprint density at radius 2 is 1.77 bits per heavy atom. The van der Waals surface area contributed by atoms with Crippen LogP contribution in [-0.4, -0.2) is 70.6 Å². The van der Waals surface area contributed by atoms with Gasteiger partial charge in [-0.2, -0.15) is 0 Å². The van der Waals surface area contributed by atoms with Crippen LogP contribution < -0.4 is 0 Å². The molecule has 7 heteroatoms. The van der Waals surface area contributed by atoms with Crippen LogP contribution in [0, 0.1) is 11.8 Å². The van der Waals surface area contributed by atoms with Crippen LogP contribution in [-0.2, 0) is 14.4 Å². The number of fused-ring (bicyclic) bond motifs is 2. The van der Waals surface area contributed by atoms with E-state index in [0.29, 0.717) is 38.5 Å². The van der Waals surface area contributed by atoms with E-state index in [9.17, 15) is 9.59 Å². The summed E-state index contributed by atoms with van der Waals surface area (Å²) >= 11 is 0. The van der Waals surface area contributed by atoms with Crippen molar-refractivity contribution in [2.75, 3.05) is 26.2 Å². The van der Waals surface area contributed by atoms with E-state index in [1.54, 1.807) is 0 Å². The molecule has 7 nitrogen and oxygen atoms in total. The summed E-state index contributed by atoms with van der Waals surface area (Å²) in [4.78, 5) is 35.7. The molecule has 2 bridgehead atoms. The summed E-state index contributed by atoms with van der Waals surface area (Å²) in [5.74, 6) is 0.0303. The molecule has 0 aromatic carbocycles. The molecule has 2 saturated heterocycles. The highest BCUT2D eigenvalue weighted by Gasteiger charge is 2.39. The summed E-state index contributed by atoms with van der Waals surface area (Å²) in [5, 5.41) is 15.8. The second-order valence-electron chi connectivity index (χ2n) is 6.36. The van der Waals surface area contributed by atoms with Crippen molar-refractivity contribution in [2.24, 2.45) is 11.8 Å². The molecule has 1 saturated carbocycles. The first-order chi connectivity index (χ1) is 10.5. The summed E-state index contributed by atoms with van der Waals surface area (Å²) in [5.41, 5.74) is 0. The molecule has 22 heavy (non-hydrogen) atoms. The van der Waals surface area contributed by atoms with E-state index in [4.69, 9.17) is 15.0 Å². The standard InChI is InChI=1S/C14H22N2O3.CH2O2/c17-13(9-16-8-10-1-2-12(16)7-10)15-5-3-11(4-6-15)14(18)19;2-1-3/h10-12H,1-9H2,(H,18,19);1H,(H,2,3)/t10-,12+;/m1./s1. The summed E-state index contributed by atoms with van der Waals surface area (Å²) < 4.78 is 0. The van der Waals surface area contributed by atoms with Crippen LogP contribution in [0.1, 0.15) is 32.1 Å². The molecule has 3 aliphatic rings. The SMILES string of the molecule is O=C(O)C1CCN(C(=O)CN2C[C@@H]3CC[C@H]2C3)CC1.O=CO. The number of carboxylic acids is 1. The van der Waals surface area contributed by atoms with E-state index in [1.807, 2.05) is 4.90 Å². The number of likely N-dealkylation sites (tertiary alicyclic amines) is 2. The van der Waals surface area contributed by atoms with Crippen molar-refractivity contribution in [3.63, 3.8) is 0 Å². The fourth-order valence-electron chi connectivity index (χ4n) is 3.87. The minimum absolute atomic E-state index is 0.191. The average molecular weight is 312 g/mol. The molecule has 2 N–H and O–H groups in total. The zero-order chi connectivity index (χ0) is 16.1. The zero-order valence-electron chi connectivity index (χ0n) is 12.7. The number of piperidine rings is 2. The fourth-order valence-corrected chi connectivity index (χ4v) is 3.87. The molecule has 3 fully saturated rings. The second-order valence-corrected chi connectivity index (χ2v) is 6.36. The number of carboxylic acid groups (broad SMARTS) is 2. The Hall–Kier alpha value is -1.63. The first-order valence-corrected chi connectivity index (χ1v) is 7.87. The number of hydrogen-bond acceptors (Lipinski definition) is 4. The Kier molecular flexibility index (Phi) is 5.76. The number of aliphatic carboxylic acids is 1. The van der Waals surface area contributed by atoms with Gasteiger partial charge in [0, 0.05) is 25.7 Å². The van der Waals surface area contributed by atoms with Gasteiger partial charge in [0.15, 0.2) is 0 Å². The van der Waals surface area contributed by atoms with Crippen molar-refractivity contribution in [1.82, 2.24) is 9.80 Å². The molecule has 0 aromatic rings. The largest absolute Gasteiger partial charge is 0.483 e. The minimum Gasteiger partial charge on any atom is -0.483 e. The molecule has 0 aromatic heterocycles. The van der Waals surface area contributed by atoms with Gasteiger partial charge in [0.05, 0.1) is 12.5 Å². The maximum atomic E-state index is 12.2. The lowest BCUT2D eigenvalue weighted by Gasteiger charge is -2.33. The van der Waals surface area contributed by atoms with E-state index in [1.165, 1.54) is 19.3 Å². The number of nitrogens with zero attached hydrogens (tertiary/aromatic N) is 2. The van der Waals surface area contributed by atoms with Gasteiger partial charge in [0.25, 0.3) is 6.47 Å². The van der Waals surface area contributed by atoms with Crippen LogP contribution in [0.2, 0.25) is 0 Å². The second kappa shape index (κ2) is 7.58. The highest BCUT2D eigenvalue weighted by atomic mass is 16.4. The number of carbonyl (C=O) groups excluding carboxylic acids is 1. The first-order valence-electron chi connectivity index (χ1n) is 7.87. The highest BCUT2D eigenvalue weighted by Crippen LogP contribution is 2.37. The van der Waals surface area contributed by atoms with E-state index in [2.05, 4.69) is 4.90 Å². The summed E-state index contributed by atoms with van der Waals surface area (Å²) in [7, 11) is 0. The quantitative estimate of drug-likeness (QED) is 0.736. The van der Waals surface area contributed by atoms with E-state index in [-0.39, 0.29) is 18.3 Å². The Labute approximate surface area is 129 Å². The summed E-state index contributed by atoms with van der Waals surface area (Å²) in [6.07, 6.45) is 5.06. The maximum Gasteiger partial charge on any atom is 0.306 e. The molecule has 1 amide bonds. The molecular formula is C15H24N2O5. The Bertz CT molecular complexity index is 420. The molecular weight excluding hydrogens is 288 g/mol. The number of amides is 1. The van der Waals surface area contributed by atoms with Crippen LogP contribution in [0.15, 0.2) is 0 Å². The fraction of sp³-hybridized carbons (Fsp3) is 0.800. The average Bonchev–Trinajstić information content (AvgIpc) is 3.10. The smallest absolute Gasteiger partial charge is 0.306 e. The van der Waals surface area contributed by atoms with Gasteiger partial charge >= 0.3 is 5.97 Å². The monoisotopic (exact) mass is 312 g/mol. The third kappa shape index (κ3) is 3.97. The van der Waals surface area contributed by atoms with Crippen molar-refractivity contribution in [3.05, 3.63) is 0 Å². The molecule has 124 valence electrons. The normalized spacial score (nSPS) is 28.1. The van der Waals surface area contributed by atoms with Gasteiger partial charge in [-0.25, -0.2) is 0 Å². The molecule has 3 rings (SSSR count). The third-order valence-corrected chi connectivity index (χ3v) is 5.06. The van der Waals surface area contributed by atoms with Gasteiger partial charge in [-0.05, 0) is 38.0 Å². The van der Waals surface area contributed by atoms with Crippen LogP contribution in [0.5, 0.6) is 0 Å². The molecule has 0 radical (unpaired) electrons. The van der Waals surface area contributed by atoms with Crippen LogP contribution in [0.4, 0.5) is 0 Å². The lowest BCUT2D eigenvalue weighted by atomic mass is 9.97. The summed E-state index contributed by atoms with van der Waals surface area (Å²) in [6, 6.07) is 0.630. The Balaban J connectivity index is 0.000000545. The Morgan fingerprint density at radius 1 is 1.14 bits per heavy atom. The van der Waals surface area contributed by atoms with Crippen LogP contribution in [0.25, 0.3) is 0 Å². The van der Waals surface area contributed by atoms with Gasteiger partial charge in [-0.1, -0.05) is 0 Å². The lowest BCUT2D eigenvalue weighted by Crippen LogP contribution is -2.46. The van der Waals surface area contributed by atoms with Crippen molar-refractivity contribution in [2.45, 2.75) is 38.1 Å².